The van der Waals surface area contributed by atoms with Crippen molar-refractivity contribution in [1.82, 2.24) is 36.9 Å². The maximum atomic E-state index is 14.7. The summed E-state index contributed by atoms with van der Waals surface area (Å²) in [7, 11) is 2.29. The summed E-state index contributed by atoms with van der Waals surface area (Å²) < 4.78 is 0. The molecule has 11 N–H and O–H groups in total. The number of unbranched alkanes of at least 4 members (excludes halogenated alkanes) is 1. The Labute approximate surface area is 384 Å². The van der Waals surface area contributed by atoms with Gasteiger partial charge in [-0.25, -0.2) is 0 Å². The number of carbonyl (C=O) groups excluding carboxylic acids is 7. The van der Waals surface area contributed by atoms with Crippen molar-refractivity contribution in [3.05, 3.63) is 120 Å². The number of fused-ring (bicyclic) bond motifs is 2. The minimum atomic E-state index is -1.27. The molecule has 4 aromatic carbocycles. The Bertz CT molecular complexity index is 2480. The molecule has 1 aliphatic heterocycles. The molecule has 0 saturated carbocycles. The molecule has 7 amide bonds. The Hall–Kier alpha value is -6.37. The standard InChI is InChI=1S/C47H55N9O7S2/c1-28(57)51-41-27-65-64-26-40(42(49)58)56-46(62)38(23-31-16-11-15-30-14-5-6-17-33(30)31)54-43(59)36(20-9-10-21-48)52-45(61)39(24-32-25-50-35-19-8-7-18-34(32)35)55-44(60)37(53-47(41)63)22-29-12-3-2-4-13-29/h2-8,11-19,25,36-41,50H,9-10,20-24,26-27,48H2,1H3,(H2,49,58)(H,51,57)(H,52,61)(H,53,63)(H,54,59)(H,55,60)(H,56,62)/t36-,37-,38-,39-,40-,41-/m0/s1. The molecule has 1 saturated heterocycles. The molecule has 0 radical (unpaired) electrons. The van der Waals surface area contributed by atoms with E-state index in [1.807, 2.05) is 72.8 Å². The summed E-state index contributed by atoms with van der Waals surface area (Å²) in [5.41, 5.74) is 14.6. The summed E-state index contributed by atoms with van der Waals surface area (Å²) in [5.74, 6) is -4.73. The number of H-pyrrole nitrogens is 1. The van der Waals surface area contributed by atoms with E-state index in [-0.39, 0.29) is 37.2 Å². The van der Waals surface area contributed by atoms with E-state index >= 15 is 0 Å². The molecule has 0 unspecified atom stereocenters. The number of hydrogen-bond acceptors (Lipinski definition) is 10. The van der Waals surface area contributed by atoms with Crippen LogP contribution in [0.3, 0.4) is 0 Å². The van der Waals surface area contributed by atoms with E-state index in [1.165, 1.54) is 6.92 Å². The van der Waals surface area contributed by atoms with Crippen LogP contribution in [0.5, 0.6) is 0 Å². The fourth-order valence-electron chi connectivity index (χ4n) is 7.67. The van der Waals surface area contributed by atoms with Crippen molar-refractivity contribution < 1.29 is 33.6 Å². The molecule has 342 valence electrons. The first-order valence-corrected chi connectivity index (χ1v) is 24.0. The van der Waals surface area contributed by atoms with Gasteiger partial charge in [0.2, 0.25) is 41.4 Å². The van der Waals surface area contributed by atoms with Gasteiger partial charge in [0.05, 0.1) is 0 Å². The molecule has 6 rings (SSSR count). The van der Waals surface area contributed by atoms with Crippen molar-refractivity contribution in [3.8, 4) is 0 Å². The smallest absolute Gasteiger partial charge is 0.244 e. The summed E-state index contributed by atoms with van der Waals surface area (Å²) in [6.45, 7) is 1.59. The number of aromatic nitrogens is 1. The quantitative estimate of drug-likeness (QED) is 0.0652. The highest BCUT2D eigenvalue weighted by Crippen LogP contribution is 2.25. The first kappa shape index (κ1) is 48.1. The molecule has 65 heavy (non-hydrogen) atoms. The van der Waals surface area contributed by atoms with Crippen LogP contribution in [0.15, 0.2) is 103 Å². The van der Waals surface area contributed by atoms with E-state index in [4.69, 9.17) is 11.5 Å². The van der Waals surface area contributed by atoms with Gasteiger partial charge in [-0.15, -0.1) is 0 Å². The Kier molecular flexibility index (Phi) is 17.4. The molecule has 0 aliphatic carbocycles. The number of amides is 7. The molecular weight excluding hydrogens is 867 g/mol. The highest BCUT2D eigenvalue weighted by molar-refractivity contribution is 8.76. The Morgan fingerprint density at radius 3 is 1.89 bits per heavy atom. The van der Waals surface area contributed by atoms with Gasteiger partial charge in [-0.1, -0.05) is 113 Å². The predicted molar refractivity (Wildman–Crippen MR) is 254 cm³/mol. The number of hydrogen-bond donors (Lipinski definition) is 9. The van der Waals surface area contributed by atoms with Gasteiger partial charge in [-0.3, -0.25) is 33.6 Å². The van der Waals surface area contributed by atoms with Crippen molar-refractivity contribution in [2.24, 2.45) is 11.5 Å². The van der Waals surface area contributed by atoms with Crippen LogP contribution in [0.4, 0.5) is 0 Å². The zero-order valence-corrected chi connectivity index (χ0v) is 37.6. The molecule has 6 atom stereocenters. The minimum absolute atomic E-state index is 0.00604. The van der Waals surface area contributed by atoms with Gasteiger partial charge < -0.3 is 48.4 Å². The summed E-state index contributed by atoms with van der Waals surface area (Å²) in [4.78, 5) is 100. The number of aromatic amines is 1. The van der Waals surface area contributed by atoms with Crippen LogP contribution < -0.4 is 43.4 Å². The molecule has 2 heterocycles. The Balaban J connectivity index is 1.40. The lowest BCUT2D eigenvalue weighted by Gasteiger charge is -2.28. The van der Waals surface area contributed by atoms with Crippen molar-refractivity contribution in [2.75, 3.05) is 18.1 Å². The number of nitrogens with two attached hydrogens (primary N) is 2. The number of rotatable bonds is 12. The molecule has 1 aliphatic rings. The van der Waals surface area contributed by atoms with Crippen LogP contribution in [0.25, 0.3) is 21.7 Å². The summed E-state index contributed by atoms with van der Waals surface area (Å²) >= 11 is 0. The average Bonchev–Trinajstić information content (AvgIpc) is 3.70. The van der Waals surface area contributed by atoms with Crippen LogP contribution in [0.1, 0.15) is 42.9 Å². The predicted octanol–water partition coefficient (Wildman–Crippen LogP) is 2.29. The van der Waals surface area contributed by atoms with E-state index in [0.717, 1.165) is 54.4 Å². The Morgan fingerprint density at radius 1 is 0.615 bits per heavy atom. The van der Waals surface area contributed by atoms with Gasteiger partial charge in [0.25, 0.3) is 0 Å². The molecular formula is C47H55N9O7S2. The van der Waals surface area contributed by atoms with Crippen LogP contribution >= 0.6 is 21.6 Å². The molecule has 5 aromatic rings. The third kappa shape index (κ3) is 13.6. The normalized spacial score (nSPS) is 21.9. The summed E-state index contributed by atoms with van der Waals surface area (Å²) in [6.07, 6.45) is 2.91. The molecule has 16 nitrogen and oxygen atoms in total. The van der Waals surface area contributed by atoms with Crippen molar-refractivity contribution in [3.63, 3.8) is 0 Å². The third-order valence-corrected chi connectivity index (χ3v) is 13.5. The second-order valence-corrected chi connectivity index (χ2v) is 18.5. The van der Waals surface area contributed by atoms with E-state index in [9.17, 15) is 33.6 Å². The number of carbonyl (C=O) groups is 7. The second-order valence-electron chi connectivity index (χ2n) is 15.9. The summed E-state index contributed by atoms with van der Waals surface area (Å²) in [6, 6.07) is 22.5. The van der Waals surface area contributed by atoms with Crippen LogP contribution in [0, 0.1) is 0 Å². The largest absolute Gasteiger partial charge is 0.368 e. The zero-order chi connectivity index (χ0) is 46.3. The molecule has 1 fully saturated rings. The van der Waals surface area contributed by atoms with Gasteiger partial charge in [0.15, 0.2) is 0 Å². The molecule has 0 spiro atoms. The van der Waals surface area contributed by atoms with E-state index in [2.05, 4.69) is 36.9 Å². The van der Waals surface area contributed by atoms with Gasteiger partial charge in [0.1, 0.15) is 36.3 Å². The zero-order valence-electron chi connectivity index (χ0n) is 36.0. The second kappa shape index (κ2) is 23.5. The number of para-hydroxylation sites is 1. The van der Waals surface area contributed by atoms with Gasteiger partial charge >= 0.3 is 0 Å². The number of primary amides is 1. The van der Waals surface area contributed by atoms with E-state index < -0.39 is 77.6 Å². The fourth-order valence-corrected chi connectivity index (χ4v) is 10.0. The first-order chi connectivity index (χ1) is 31.4. The maximum absolute atomic E-state index is 14.7. The lowest BCUT2D eigenvalue weighted by atomic mass is 9.97. The fraction of sp³-hybridized carbons (Fsp3) is 0.340. The van der Waals surface area contributed by atoms with Gasteiger partial charge in [-0.2, -0.15) is 0 Å². The topological polar surface area (TPSA) is 260 Å². The van der Waals surface area contributed by atoms with Crippen LogP contribution in [-0.2, 0) is 52.8 Å². The van der Waals surface area contributed by atoms with Crippen molar-refractivity contribution in [2.45, 2.75) is 81.7 Å². The van der Waals surface area contributed by atoms with Crippen molar-refractivity contribution in [1.29, 1.82) is 0 Å². The van der Waals surface area contributed by atoms with Gasteiger partial charge in [0, 0.05) is 54.8 Å². The van der Waals surface area contributed by atoms with Crippen LogP contribution in [0.2, 0.25) is 0 Å². The molecule has 1 aromatic heterocycles. The molecule has 18 heteroatoms. The lowest BCUT2D eigenvalue weighted by Crippen LogP contribution is -2.60. The molecule has 0 bridgehead atoms. The Morgan fingerprint density at radius 2 is 1.18 bits per heavy atom. The number of nitrogens with one attached hydrogen (secondary N) is 7. The van der Waals surface area contributed by atoms with E-state index in [1.54, 1.807) is 30.5 Å². The SMILES string of the molecule is CC(=O)N[C@H]1CSSC[C@@H](C(N)=O)NC(=O)[C@H](Cc2cccc3ccccc23)NC(=O)[C@H](CCCCN)NC(=O)[C@H](Cc2c[nH]c3ccccc23)NC(=O)[C@H](Cc2ccccc2)NC1=O. The summed E-state index contributed by atoms with van der Waals surface area (Å²) in [5, 5.41) is 19.4. The van der Waals surface area contributed by atoms with E-state index in [0.29, 0.717) is 24.9 Å². The van der Waals surface area contributed by atoms with Crippen molar-refractivity contribution >= 4 is 84.6 Å². The lowest BCUT2D eigenvalue weighted by molar-refractivity contribution is -0.135. The van der Waals surface area contributed by atoms with Crippen LogP contribution in [-0.4, -0.2) is 101 Å². The minimum Gasteiger partial charge on any atom is -0.368 e. The third-order valence-electron chi connectivity index (χ3n) is 11.1. The first-order valence-electron chi connectivity index (χ1n) is 21.5. The highest BCUT2D eigenvalue weighted by Gasteiger charge is 2.34. The number of benzene rings is 4. The maximum Gasteiger partial charge on any atom is 0.244 e. The highest BCUT2D eigenvalue weighted by atomic mass is 33.1. The van der Waals surface area contributed by atoms with Gasteiger partial charge in [-0.05, 0) is 59.3 Å². The monoisotopic (exact) mass is 921 g/mol. The average molecular weight is 922 g/mol.